The van der Waals surface area contributed by atoms with Crippen molar-refractivity contribution in [2.75, 3.05) is 0 Å². The molecule has 3 heteroatoms. The Hall–Kier alpha value is -0.410. The van der Waals surface area contributed by atoms with Crippen molar-refractivity contribution < 1.29 is 0 Å². The van der Waals surface area contributed by atoms with Gasteiger partial charge in [0.15, 0.2) is 0 Å². The molecule has 0 spiro atoms. The van der Waals surface area contributed by atoms with Crippen LogP contribution in [0, 0.1) is 6.92 Å². The molecule has 0 saturated heterocycles. The predicted molar refractivity (Wildman–Crippen MR) is 62.8 cm³/mol. The van der Waals surface area contributed by atoms with Crippen LogP contribution >= 0.6 is 11.3 Å². The number of hydrogen-bond acceptors (Lipinski definition) is 3. The third-order valence-electron chi connectivity index (χ3n) is 2.41. The van der Waals surface area contributed by atoms with Crippen LogP contribution in [-0.2, 0) is 5.54 Å². The highest BCUT2D eigenvalue weighted by Gasteiger charge is 2.27. The number of aryl methyl sites for hydroxylation is 1. The highest BCUT2D eigenvalue weighted by Crippen LogP contribution is 2.27. The van der Waals surface area contributed by atoms with Crippen LogP contribution in [0.4, 0.5) is 0 Å². The average molecular weight is 212 g/mol. The van der Waals surface area contributed by atoms with E-state index in [1.807, 2.05) is 6.92 Å². The fourth-order valence-corrected chi connectivity index (χ4v) is 2.55. The van der Waals surface area contributed by atoms with E-state index in [9.17, 15) is 0 Å². The Morgan fingerprint density at radius 2 is 2.21 bits per heavy atom. The molecular weight excluding hydrogens is 192 g/mol. The molecule has 1 rings (SSSR count). The van der Waals surface area contributed by atoms with Crippen LogP contribution < -0.4 is 5.32 Å². The molecule has 1 aromatic heterocycles. The summed E-state index contributed by atoms with van der Waals surface area (Å²) in [5.41, 5.74) is 1.16. The molecule has 2 nitrogen and oxygen atoms in total. The van der Waals surface area contributed by atoms with Crippen LogP contribution in [-0.4, -0.2) is 11.0 Å². The van der Waals surface area contributed by atoms with E-state index < -0.39 is 0 Å². The highest BCUT2D eigenvalue weighted by molar-refractivity contribution is 7.09. The Bertz CT molecular complexity index is 293. The first-order valence-corrected chi connectivity index (χ1v) is 6.06. The summed E-state index contributed by atoms with van der Waals surface area (Å²) >= 11 is 1.75. The third-order valence-corrected chi connectivity index (χ3v) is 3.63. The van der Waals surface area contributed by atoms with Crippen LogP contribution in [0.25, 0.3) is 0 Å². The van der Waals surface area contributed by atoms with E-state index in [-0.39, 0.29) is 5.54 Å². The molecule has 0 amide bonds. The van der Waals surface area contributed by atoms with Crippen LogP contribution in [0.1, 0.15) is 44.8 Å². The lowest BCUT2D eigenvalue weighted by atomic mass is 9.99. The number of thiazole rings is 1. The number of aromatic nitrogens is 1. The fourth-order valence-electron chi connectivity index (χ4n) is 1.56. The lowest BCUT2D eigenvalue weighted by Gasteiger charge is -2.29. The second kappa shape index (κ2) is 4.41. The molecule has 80 valence electrons. The minimum Gasteiger partial charge on any atom is -0.303 e. The van der Waals surface area contributed by atoms with Gasteiger partial charge in [-0.2, -0.15) is 0 Å². The summed E-state index contributed by atoms with van der Waals surface area (Å²) in [6.07, 6.45) is 1.07. The first-order chi connectivity index (χ1) is 6.48. The highest BCUT2D eigenvalue weighted by atomic mass is 32.1. The maximum absolute atomic E-state index is 4.56. The molecule has 1 atom stereocenters. The fraction of sp³-hybridized carbons (Fsp3) is 0.727. The first kappa shape index (κ1) is 11.7. The molecular formula is C11H20N2S. The minimum absolute atomic E-state index is 0.0348. The first-order valence-electron chi connectivity index (χ1n) is 5.18. The molecule has 14 heavy (non-hydrogen) atoms. The molecule has 0 bridgehead atoms. The van der Waals surface area contributed by atoms with E-state index in [2.05, 4.69) is 43.4 Å². The van der Waals surface area contributed by atoms with Gasteiger partial charge in [-0.3, -0.25) is 0 Å². The SMILES string of the molecule is CCC(C)(NC(C)C)c1nc(C)cs1. The van der Waals surface area contributed by atoms with Gasteiger partial charge in [-0.1, -0.05) is 6.92 Å². The summed E-state index contributed by atoms with van der Waals surface area (Å²) in [6, 6.07) is 0.490. The van der Waals surface area contributed by atoms with Crippen molar-refractivity contribution in [3.05, 3.63) is 16.1 Å². The molecule has 1 aromatic rings. The maximum atomic E-state index is 4.56. The van der Waals surface area contributed by atoms with Crippen molar-refractivity contribution in [3.63, 3.8) is 0 Å². The Morgan fingerprint density at radius 1 is 1.57 bits per heavy atom. The quantitative estimate of drug-likeness (QED) is 0.829. The van der Waals surface area contributed by atoms with Crippen molar-refractivity contribution >= 4 is 11.3 Å². The van der Waals surface area contributed by atoms with Gasteiger partial charge in [0.1, 0.15) is 5.01 Å². The van der Waals surface area contributed by atoms with E-state index in [4.69, 9.17) is 0 Å². The lowest BCUT2D eigenvalue weighted by molar-refractivity contribution is 0.321. The summed E-state index contributed by atoms with van der Waals surface area (Å²) in [4.78, 5) is 4.56. The second-order valence-corrected chi connectivity index (χ2v) is 5.14. The van der Waals surface area contributed by atoms with E-state index in [0.717, 1.165) is 12.1 Å². The van der Waals surface area contributed by atoms with Gasteiger partial charge in [0.25, 0.3) is 0 Å². The summed E-state index contributed by atoms with van der Waals surface area (Å²) in [7, 11) is 0. The standard InChI is InChI=1S/C11H20N2S/c1-6-11(5,13-8(2)3)10-12-9(4)7-14-10/h7-8,13H,6H2,1-5H3. The van der Waals surface area contributed by atoms with Crippen molar-refractivity contribution in [2.45, 2.75) is 52.6 Å². The topological polar surface area (TPSA) is 24.9 Å². The van der Waals surface area contributed by atoms with Gasteiger partial charge >= 0.3 is 0 Å². The second-order valence-electron chi connectivity index (χ2n) is 4.28. The van der Waals surface area contributed by atoms with Gasteiger partial charge in [-0.15, -0.1) is 11.3 Å². The zero-order chi connectivity index (χ0) is 10.8. The van der Waals surface area contributed by atoms with Gasteiger partial charge in [-0.25, -0.2) is 4.98 Å². The summed E-state index contributed by atoms with van der Waals surface area (Å²) < 4.78 is 0. The van der Waals surface area contributed by atoms with Gasteiger partial charge < -0.3 is 5.32 Å². The van der Waals surface area contributed by atoms with Crippen molar-refractivity contribution in [1.82, 2.24) is 10.3 Å². The monoisotopic (exact) mass is 212 g/mol. The number of hydrogen-bond donors (Lipinski definition) is 1. The zero-order valence-electron chi connectivity index (χ0n) is 9.72. The normalized spacial score (nSPS) is 15.9. The Morgan fingerprint density at radius 3 is 2.57 bits per heavy atom. The van der Waals surface area contributed by atoms with Crippen molar-refractivity contribution in [2.24, 2.45) is 0 Å². The van der Waals surface area contributed by atoms with Gasteiger partial charge in [0, 0.05) is 17.1 Å². The Balaban J connectivity index is 2.89. The summed E-state index contributed by atoms with van der Waals surface area (Å²) in [5.74, 6) is 0. The van der Waals surface area contributed by atoms with E-state index in [1.54, 1.807) is 11.3 Å². The van der Waals surface area contributed by atoms with Crippen LogP contribution in [0.2, 0.25) is 0 Å². The molecule has 0 aliphatic rings. The van der Waals surface area contributed by atoms with Gasteiger partial charge in [0.2, 0.25) is 0 Å². The molecule has 0 aliphatic carbocycles. The molecule has 0 aromatic carbocycles. The van der Waals surface area contributed by atoms with E-state index >= 15 is 0 Å². The molecule has 1 unspecified atom stereocenters. The minimum atomic E-state index is 0.0348. The molecule has 1 N–H and O–H groups in total. The Kier molecular flexibility index (Phi) is 3.67. The van der Waals surface area contributed by atoms with Crippen molar-refractivity contribution in [3.8, 4) is 0 Å². The number of nitrogens with one attached hydrogen (secondary N) is 1. The van der Waals surface area contributed by atoms with E-state index in [1.165, 1.54) is 5.01 Å². The maximum Gasteiger partial charge on any atom is 0.113 e. The third kappa shape index (κ3) is 2.55. The number of rotatable bonds is 4. The molecule has 0 saturated carbocycles. The van der Waals surface area contributed by atoms with Crippen LogP contribution in [0.15, 0.2) is 5.38 Å². The smallest absolute Gasteiger partial charge is 0.113 e. The summed E-state index contributed by atoms with van der Waals surface area (Å²) in [6.45, 7) is 10.8. The number of nitrogens with zero attached hydrogens (tertiary/aromatic N) is 1. The largest absolute Gasteiger partial charge is 0.303 e. The van der Waals surface area contributed by atoms with Crippen molar-refractivity contribution in [1.29, 1.82) is 0 Å². The molecule has 0 fully saturated rings. The van der Waals surface area contributed by atoms with Gasteiger partial charge in [0.05, 0.1) is 5.54 Å². The molecule has 0 aliphatic heterocycles. The molecule has 1 heterocycles. The zero-order valence-corrected chi connectivity index (χ0v) is 10.5. The average Bonchev–Trinajstić information content (AvgIpc) is 2.51. The summed E-state index contributed by atoms with van der Waals surface area (Å²) in [5, 5.41) is 6.90. The van der Waals surface area contributed by atoms with Crippen LogP contribution in [0.3, 0.4) is 0 Å². The van der Waals surface area contributed by atoms with Crippen LogP contribution in [0.5, 0.6) is 0 Å². The predicted octanol–water partition coefficient (Wildman–Crippen LogP) is 3.07. The molecule has 0 radical (unpaired) electrons. The lowest BCUT2D eigenvalue weighted by Crippen LogP contribution is -2.43. The Labute approximate surface area is 90.8 Å². The van der Waals surface area contributed by atoms with Gasteiger partial charge in [-0.05, 0) is 34.1 Å². The van der Waals surface area contributed by atoms with E-state index in [0.29, 0.717) is 6.04 Å².